The van der Waals surface area contributed by atoms with Crippen molar-refractivity contribution in [1.82, 2.24) is 21.3 Å². The van der Waals surface area contributed by atoms with Gasteiger partial charge in [-0.3, -0.25) is 14.4 Å². The molecule has 1 aliphatic rings. The molecule has 1 fully saturated rings. The lowest BCUT2D eigenvalue weighted by Gasteiger charge is -2.24. The van der Waals surface area contributed by atoms with Crippen molar-refractivity contribution in [2.45, 2.75) is 43.0 Å². The Morgan fingerprint density at radius 2 is 1.76 bits per heavy atom. The second-order valence-electron chi connectivity index (χ2n) is 9.37. The van der Waals surface area contributed by atoms with Gasteiger partial charge in [-0.05, 0) is 56.0 Å². The summed E-state index contributed by atoms with van der Waals surface area (Å²) in [4.78, 5) is 46.4. The molecule has 1 saturated heterocycles. The second-order valence-corrected chi connectivity index (χ2v) is 11.6. The molecule has 2 atom stereocenters. The lowest BCUT2D eigenvalue weighted by molar-refractivity contribution is -0.140. The Morgan fingerprint density at radius 3 is 2.32 bits per heavy atom. The summed E-state index contributed by atoms with van der Waals surface area (Å²) >= 11 is 0. The predicted octanol–water partition coefficient (Wildman–Crippen LogP) is -1.48. The number of methoxy groups -OCH3 is 1. The molecule has 13 nitrogen and oxygen atoms in total. The zero-order valence-corrected chi connectivity index (χ0v) is 22.4. The molecule has 0 bridgehead atoms. The first-order valence-electron chi connectivity index (χ1n) is 12.2. The van der Waals surface area contributed by atoms with Crippen molar-refractivity contribution < 1.29 is 37.4 Å². The maximum absolute atomic E-state index is 12.9. The van der Waals surface area contributed by atoms with Gasteiger partial charge in [0.25, 0.3) is 0 Å². The van der Waals surface area contributed by atoms with Crippen molar-refractivity contribution >= 4 is 33.5 Å². The average Bonchev–Trinajstić information content (AvgIpc) is 2.89. The van der Waals surface area contributed by atoms with Crippen LogP contribution in [0.2, 0.25) is 0 Å². The summed E-state index contributed by atoms with van der Waals surface area (Å²) < 4.78 is 28.7. The van der Waals surface area contributed by atoms with Gasteiger partial charge in [-0.15, -0.1) is 0 Å². The quantitative estimate of drug-likeness (QED) is 0.157. The van der Waals surface area contributed by atoms with Crippen LogP contribution in [0.1, 0.15) is 31.2 Å². The Labute approximate surface area is 222 Å². The van der Waals surface area contributed by atoms with Gasteiger partial charge in [-0.25, -0.2) is 13.2 Å². The molecule has 1 heterocycles. The number of carboxylic acid groups (broad SMARTS) is 1. The number of carbonyl (C=O) groups is 4. The van der Waals surface area contributed by atoms with E-state index < -0.39 is 51.6 Å². The van der Waals surface area contributed by atoms with Gasteiger partial charge >= 0.3 is 5.97 Å². The summed E-state index contributed by atoms with van der Waals surface area (Å²) in [7, 11) is -2.73. The van der Waals surface area contributed by atoms with Crippen LogP contribution in [0, 0.1) is 5.92 Å². The van der Waals surface area contributed by atoms with Gasteiger partial charge in [0.1, 0.15) is 11.8 Å². The number of hydrogen-bond donors (Lipinski definition) is 6. The molecule has 0 aromatic heterocycles. The highest BCUT2D eigenvalue weighted by Crippen LogP contribution is 2.18. The first-order chi connectivity index (χ1) is 17.9. The summed E-state index contributed by atoms with van der Waals surface area (Å²) in [6.07, 6.45) is 3.74. The van der Waals surface area contributed by atoms with Crippen LogP contribution in [0.5, 0.6) is 5.75 Å². The minimum atomic E-state index is -4.25. The molecule has 7 N–H and O–H groups in total. The van der Waals surface area contributed by atoms with Gasteiger partial charge in [0, 0.05) is 19.1 Å². The number of amides is 3. The van der Waals surface area contributed by atoms with Crippen LogP contribution >= 0.6 is 0 Å². The summed E-state index contributed by atoms with van der Waals surface area (Å²) in [6, 6.07) is 5.97. The van der Waals surface area contributed by atoms with Crippen LogP contribution in [0.3, 0.4) is 0 Å². The van der Waals surface area contributed by atoms with Crippen molar-refractivity contribution in [3.63, 3.8) is 0 Å². The van der Waals surface area contributed by atoms with Gasteiger partial charge in [0.05, 0.1) is 20.2 Å². The van der Waals surface area contributed by atoms with E-state index in [1.165, 1.54) is 7.11 Å². The molecule has 2 rings (SSSR count). The first-order valence-corrected chi connectivity index (χ1v) is 14.1. The van der Waals surface area contributed by atoms with E-state index >= 15 is 0 Å². The molecule has 0 radical (unpaired) electrons. The third-order valence-corrected chi connectivity index (χ3v) is 8.13. The fourth-order valence-corrected chi connectivity index (χ4v) is 4.58. The number of sulfone groups is 1. The number of ether oxygens (including phenoxy) is 1. The largest absolute Gasteiger partial charge is 0.497 e. The molecule has 212 valence electrons. The number of piperidine rings is 1. The molecular formula is C24H37N5O8S. The van der Waals surface area contributed by atoms with Gasteiger partial charge in [-0.1, -0.05) is 12.1 Å². The normalized spacial score (nSPS) is 16.5. The van der Waals surface area contributed by atoms with Crippen LogP contribution in [-0.2, 0) is 35.4 Å². The zero-order valence-electron chi connectivity index (χ0n) is 21.6. The topological polar surface area (TPSA) is 206 Å². The number of benzene rings is 1. The highest BCUT2D eigenvalue weighted by atomic mass is 32.2. The van der Waals surface area contributed by atoms with Gasteiger partial charge in [0.15, 0.2) is 9.84 Å². The van der Waals surface area contributed by atoms with Crippen molar-refractivity contribution in [2.24, 2.45) is 11.7 Å². The van der Waals surface area contributed by atoms with Gasteiger partial charge in [0.2, 0.25) is 22.6 Å². The van der Waals surface area contributed by atoms with Crippen molar-refractivity contribution in [2.75, 3.05) is 39.5 Å². The van der Waals surface area contributed by atoms with Crippen molar-refractivity contribution in [1.29, 1.82) is 0 Å². The monoisotopic (exact) mass is 555 g/mol. The molecule has 14 heteroatoms. The number of carbonyl (C=O) groups excluding carboxylic acids is 3. The fraction of sp³-hybridized carbons (Fsp3) is 0.583. The summed E-state index contributed by atoms with van der Waals surface area (Å²) in [5.74, 6) is -2.53. The van der Waals surface area contributed by atoms with E-state index in [9.17, 15) is 32.7 Å². The molecule has 38 heavy (non-hydrogen) atoms. The lowest BCUT2D eigenvalue weighted by atomic mass is 9.93. The first kappa shape index (κ1) is 31.0. The number of nitrogens with one attached hydrogen (secondary N) is 4. The second kappa shape index (κ2) is 14.1. The number of aliphatic carboxylic acids is 1. The third-order valence-electron chi connectivity index (χ3n) is 6.48. The average molecular weight is 556 g/mol. The smallest absolute Gasteiger partial charge is 0.341 e. The highest BCUT2D eigenvalue weighted by molar-refractivity contribution is 7.92. The Kier molecular flexibility index (Phi) is 11.5. The highest BCUT2D eigenvalue weighted by Gasteiger charge is 2.45. The molecule has 1 aromatic carbocycles. The molecular weight excluding hydrogens is 518 g/mol. The minimum Gasteiger partial charge on any atom is -0.497 e. The lowest BCUT2D eigenvalue weighted by Crippen LogP contribution is -2.61. The summed E-state index contributed by atoms with van der Waals surface area (Å²) in [6.45, 7) is 0.360. The standard InChI is InChI=1S/C24H37N5O8S/c1-37-18-6-3-17(4-7-18)13-19(29-20(30)8-5-16-9-11-26-12-10-16)22(32)27-14-21(31)28-15-24(25,23(33)34)38(2,35)36/h3-4,6-7,16,19,26H,5,8-15,25H2,1-2H3,(H,27,32)(H,28,31)(H,29,30)(H,33,34). The number of carboxylic acids is 1. The van der Waals surface area contributed by atoms with Crippen molar-refractivity contribution in [3.8, 4) is 5.75 Å². The zero-order chi connectivity index (χ0) is 28.3. The van der Waals surface area contributed by atoms with E-state index in [0.717, 1.165) is 31.5 Å². The van der Waals surface area contributed by atoms with Crippen LogP contribution in [0.4, 0.5) is 0 Å². The molecule has 0 saturated carbocycles. The predicted molar refractivity (Wildman–Crippen MR) is 139 cm³/mol. The van der Waals surface area contributed by atoms with E-state index in [1.807, 2.05) is 0 Å². The van der Waals surface area contributed by atoms with Crippen LogP contribution < -0.4 is 31.7 Å². The van der Waals surface area contributed by atoms with E-state index in [1.54, 1.807) is 24.3 Å². The molecule has 2 unspecified atom stereocenters. The Bertz CT molecular complexity index is 1090. The third kappa shape index (κ3) is 9.26. The maximum atomic E-state index is 12.9. The number of nitrogens with two attached hydrogens (primary N) is 1. The van der Waals surface area contributed by atoms with Crippen molar-refractivity contribution in [3.05, 3.63) is 29.8 Å². The molecule has 1 aromatic rings. The minimum absolute atomic E-state index is 0.148. The Hall–Kier alpha value is -3.23. The number of rotatable bonds is 14. The molecule has 0 aliphatic carbocycles. The molecule has 1 aliphatic heterocycles. The van der Waals surface area contributed by atoms with Gasteiger partial charge in [-0.2, -0.15) is 0 Å². The Balaban J connectivity index is 1.99. The van der Waals surface area contributed by atoms with E-state index in [4.69, 9.17) is 10.5 Å². The van der Waals surface area contributed by atoms with E-state index in [2.05, 4.69) is 21.3 Å². The SMILES string of the molecule is COc1ccc(CC(NC(=O)CCC2CCNCC2)C(=O)NCC(=O)NCC(N)(C(=O)O)S(C)(=O)=O)cc1. The van der Waals surface area contributed by atoms with Crippen LogP contribution in [0.25, 0.3) is 0 Å². The maximum Gasteiger partial charge on any atom is 0.341 e. The van der Waals surface area contributed by atoms with Crippen LogP contribution in [-0.4, -0.2) is 87.7 Å². The Morgan fingerprint density at radius 1 is 1.13 bits per heavy atom. The summed E-state index contributed by atoms with van der Waals surface area (Å²) in [5.41, 5.74) is 6.21. The number of hydrogen-bond acceptors (Lipinski definition) is 9. The van der Waals surface area contributed by atoms with Crippen LogP contribution in [0.15, 0.2) is 24.3 Å². The van der Waals surface area contributed by atoms with E-state index in [-0.39, 0.29) is 18.7 Å². The molecule has 0 spiro atoms. The van der Waals surface area contributed by atoms with Gasteiger partial charge < -0.3 is 36.8 Å². The molecule has 3 amide bonds. The summed E-state index contributed by atoms with van der Waals surface area (Å²) in [5, 5.41) is 19.7. The fourth-order valence-electron chi connectivity index (χ4n) is 3.93. The van der Waals surface area contributed by atoms with E-state index in [0.29, 0.717) is 24.3 Å².